The van der Waals surface area contributed by atoms with Gasteiger partial charge in [0.25, 0.3) is 0 Å². The number of pyridine rings is 1. The smallest absolute Gasteiger partial charge is 0.355 e. The van der Waals surface area contributed by atoms with Crippen LogP contribution in [-0.4, -0.2) is 71.5 Å². The van der Waals surface area contributed by atoms with Crippen molar-refractivity contribution in [1.82, 2.24) is 29.4 Å². The van der Waals surface area contributed by atoms with Crippen molar-refractivity contribution in [2.24, 2.45) is 0 Å². The lowest BCUT2D eigenvalue weighted by Gasteiger charge is -2.44. The number of amides is 2. The molecule has 2 amide bonds. The summed E-state index contributed by atoms with van der Waals surface area (Å²) in [6, 6.07) is 2.31. The number of nitrogens with zero attached hydrogens (tertiary/aromatic N) is 7. The Morgan fingerprint density at radius 3 is 2.66 bits per heavy atom. The summed E-state index contributed by atoms with van der Waals surface area (Å²) in [4.78, 5) is 61.7. The zero-order valence-electron chi connectivity index (χ0n) is 24.3. The number of rotatable bonds is 4. The maximum Gasteiger partial charge on any atom is 0.355 e. The first-order chi connectivity index (χ1) is 20.9. The van der Waals surface area contributed by atoms with Crippen LogP contribution in [0.5, 0.6) is 5.75 Å². The zero-order valence-corrected chi connectivity index (χ0v) is 25.1. The summed E-state index contributed by atoms with van der Waals surface area (Å²) in [5, 5.41) is 13.6. The largest absolute Gasteiger partial charge is 0.507 e. The molecule has 3 aromatic heterocycles. The van der Waals surface area contributed by atoms with Crippen molar-refractivity contribution >= 4 is 46.0 Å². The third-order valence-corrected chi connectivity index (χ3v) is 8.32. The Hall–Kier alpha value is -4.91. The maximum absolute atomic E-state index is 15.3. The SMILES string of the molecule is C=CC(=O)N1CC(C)N2c3nc(=O)n(-c4c(C)ncnc4C(C)C)c4nc(-c5c(O)cccc5F)c(Cl)c(c34)NC(=O)C2C1. The fourth-order valence-electron chi connectivity index (χ4n) is 5.98. The molecule has 12 nitrogen and oxygen atoms in total. The molecule has 2 N–H and O–H groups in total. The molecule has 226 valence electrons. The monoisotopic (exact) mass is 618 g/mol. The van der Waals surface area contributed by atoms with Crippen LogP contribution in [-0.2, 0) is 9.59 Å². The molecule has 44 heavy (non-hydrogen) atoms. The summed E-state index contributed by atoms with van der Waals surface area (Å²) in [5.74, 6) is -2.17. The van der Waals surface area contributed by atoms with Gasteiger partial charge >= 0.3 is 5.69 Å². The Bertz CT molecular complexity index is 1940. The minimum atomic E-state index is -0.963. The Balaban J connectivity index is 1.76. The highest BCUT2D eigenvalue weighted by Crippen LogP contribution is 2.46. The van der Waals surface area contributed by atoms with Crippen LogP contribution in [0, 0.1) is 12.7 Å². The van der Waals surface area contributed by atoms with Crippen LogP contribution in [0.2, 0.25) is 5.02 Å². The third-order valence-electron chi connectivity index (χ3n) is 7.95. The van der Waals surface area contributed by atoms with Gasteiger partial charge in [-0.3, -0.25) is 9.59 Å². The molecule has 0 aliphatic carbocycles. The van der Waals surface area contributed by atoms with Crippen molar-refractivity contribution < 1.29 is 19.1 Å². The lowest BCUT2D eigenvalue weighted by atomic mass is 10.0. The molecular formula is C30H28ClFN8O4. The van der Waals surface area contributed by atoms with Crippen LogP contribution in [0.15, 0.2) is 42.0 Å². The van der Waals surface area contributed by atoms with E-state index in [0.717, 1.165) is 6.07 Å². The quantitative estimate of drug-likeness (QED) is 0.327. The summed E-state index contributed by atoms with van der Waals surface area (Å²) in [6.45, 7) is 11.1. The fourth-order valence-corrected chi connectivity index (χ4v) is 6.26. The number of anilines is 2. The Kier molecular flexibility index (Phi) is 7.07. The molecule has 2 atom stereocenters. The minimum absolute atomic E-state index is 0.00500. The molecule has 1 aromatic carbocycles. The molecule has 0 radical (unpaired) electrons. The number of aromatic nitrogens is 5. The molecule has 1 saturated heterocycles. The predicted molar refractivity (Wildman–Crippen MR) is 163 cm³/mol. The average Bonchev–Trinajstić information content (AvgIpc) is 3.10. The normalized spacial score (nSPS) is 17.8. The third kappa shape index (κ3) is 4.37. The van der Waals surface area contributed by atoms with Gasteiger partial charge in [-0.1, -0.05) is 38.1 Å². The molecule has 1 fully saturated rings. The van der Waals surface area contributed by atoms with Crippen molar-refractivity contribution in [3.63, 3.8) is 0 Å². The van der Waals surface area contributed by atoms with Gasteiger partial charge < -0.3 is 20.2 Å². The molecular weight excluding hydrogens is 591 g/mol. The Morgan fingerprint density at radius 1 is 1.23 bits per heavy atom. The van der Waals surface area contributed by atoms with Gasteiger partial charge in [-0.15, -0.1) is 0 Å². The van der Waals surface area contributed by atoms with Crippen molar-refractivity contribution in [2.75, 3.05) is 23.3 Å². The highest BCUT2D eigenvalue weighted by molar-refractivity contribution is 6.38. The van der Waals surface area contributed by atoms with E-state index in [4.69, 9.17) is 16.6 Å². The number of aromatic hydroxyl groups is 1. The molecule has 5 heterocycles. The van der Waals surface area contributed by atoms with Gasteiger partial charge in [0.05, 0.1) is 45.3 Å². The Labute approximate surface area is 255 Å². The first-order valence-electron chi connectivity index (χ1n) is 13.9. The molecule has 0 saturated carbocycles. The summed E-state index contributed by atoms with van der Waals surface area (Å²) >= 11 is 6.91. The van der Waals surface area contributed by atoms with E-state index in [2.05, 4.69) is 26.8 Å². The number of aryl methyl sites for hydroxylation is 1. The van der Waals surface area contributed by atoms with E-state index >= 15 is 4.39 Å². The van der Waals surface area contributed by atoms with Gasteiger partial charge in [0.1, 0.15) is 35.4 Å². The van der Waals surface area contributed by atoms with Crippen molar-refractivity contribution in [3.05, 3.63) is 69.9 Å². The molecule has 2 unspecified atom stereocenters. The number of hydrogen-bond donors (Lipinski definition) is 2. The molecule has 2 aliphatic rings. The van der Waals surface area contributed by atoms with E-state index in [1.165, 1.54) is 34.0 Å². The number of phenolic OH excluding ortho intramolecular Hbond substituents is 1. The molecule has 14 heteroatoms. The summed E-state index contributed by atoms with van der Waals surface area (Å²) in [7, 11) is 0. The number of hydrogen-bond acceptors (Lipinski definition) is 9. The molecule has 0 spiro atoms. The summed E-state index contributed by atoms with van der Waals surface area (Å²) < 4.78 is 16.5. The number of phenols is 1. The van der Waals surface area contributed by atoms with Gasteiger partial charge in [0, 0.05) is 12.6 Å². The van der Waals surface area contributed by atoms with Crippen LogP contribution in [0.3, 0.4) is 0 Å². The minimum Gasteiger partial charge on any atom is -0.507 e. The average molecular weight is 619 g/mol. The topological polar surface area (TPSA) is 146 Å². The first kappa shape index (κ1) is 29.2. The van der Waals surface area contributed by atoms with E-state index in [1.54, 1.807) is 18.7 Å². The number of nitrogens with one attached hydrogen (secondary N) is 1. The van der Waals surface area contributed by atoms with Crippen molar-refractivity contribution in [1.29, 1.82) is 0 Å². The Morgan fingerprint density at radius 2 is 1.98 bits per heavy atom. The first-order valence-corrected chi connectivity index (χ1v) is 14.3. The number of fused-ring (bicyclic) bond motifs is 2. The predicted octanol–water partition coefficient (Wildman–Crippen LogP) is 3.71. The van der Waals surface area contributed by atoms with Gasteiger partial charge in [0.15, 0.2) is 5.65 Å². The maximum atomic E-state index is 15.3. The number of benzene rings is 1. The van der Waals surface area contributed by atoms with Crippen LogP contribution in [0.25, 0.3) is 28.0 Å². The van der Waals surface area contributed by atoms with Crippen LogP contribution in [0.1, 0.15) is 38.1 Å². The van der Waals surface area contributed by atoms with Gasteiger partial charge in [-0.25, -0.2) is 28.7 Å². The fraction of sp³-hybridized carbons (Fsp3) is 0.300. The van der Waals surface area contributed by atoms with Crippen LogP contribution >= 0.6 is 11.6 Å². The second-order valence-corrected chi connectivity index (χ2v) is 11.5. The lowest BCUT2D eigenvalue weighted by Crippen LogP contribution is -2.62. The number of carbonyl (C=O) groups is 2. The lowest BCUT2D eigenvalue weighted by molar-refractivity contribution is -0.128. The van der Waals surface area contributed by atoms with Crippen LogP contribution in [0.4, 0.5) is 15.9 Å². The van der Waals surface area contributed by atoms with Gasteiger partial charge in [-0.2, -0.15) is 4.98 Å². The van der Waals surface area contributed by atoms with Crippen molar-refractivity contribution in [2.45, 2.75) is 45.7 Å². The van der Waals surface area contributed by atoms with E-state index in [0.29, 0.717) is 17.1 Å². The van der Waals surface area contributed by atoms with E-state index in [9.17, 15) is 19.5 Å². The number of piperazine rings is 1. The highest BCUT2D eigenvalue weighted by Gasteiger charge is 2.43. The molecule has 2 aliphatic heterocycles. The zero-order chi connectivity index (χ0) is 31.6. The van der Waals surface area contributed by atoms with E-state index in [-0.39, 0.29) is 63.7 Å². The highest BCUT2D eigenvalue weighted by atomic mass is 35.5. The van der Waals surface area contributed by atoms with Gasteiger partial charge in [0.2, 0.25) is 11.8 Å². The number of halogens is 2. The molecule has 0 bridgehead atoms. The second kappa shape index (κ2) is 10.7. The van der Waals surface area contributed by atoms with E-state index < -0.39 is 35.2 Å². The van der Waals surface area contributed by atoms with E-state index in [1.807, 2.05) is 13.8 Å². The second-order valence-electron chi connectivity index (χ2n) is 11.1. The summed E-state index contributed by atoms with van der Waals surface area (Å²) in [6.07, 6.45) is 2.57. The van der Waals surface area contributed by atoms with Gasteiger partial charge in [-0.05, 0) is 38.0 Å². The molecule has 4 aromatic rings. The standard InChI is InChI=1S/C30H28ClFN8O4/c1-6-19(42)38-10-14(4)39-17(11-38)29(43)36-25-21-27(35-24(22(25)31)20-16(32)8-7-9-18(20)41)40(30(44)37-28(21)39)26-15(5)33-12-34-23(26)13(2)3/h6-9,12-14,17,41H,1,10-11H2,2-5H3,(H,36,43). The van der Waals surface area contributed by atoms with Crippen molar-refractivity contribution in [3.8, 4) is 22.7 Å². The van der Waals surface area contributed by atoms with Crippen LogP contribution < -0.4 is 15.9 Å². The number of carbonyl (C=O) groups excluding carboxylic acids is 2. The summed E-state index contributed by atoms with van der Waals surface area (Å²) in [5.41, 5.74) is 0.0775. The molecule has 6 rings (SSSR count).